The summed E-state index contributed by atoms with van der Waals surface area (Å²) in [5.74, 6) is 0.540. The van der Waals surface area contributed by atoms with Crippen LogP contribution in [0.5, 0.6) is 0 Å². The van der Waals surface area contributed by atoms with Crippen LogP contribution in [0.15, 0.2) is 58.2 Å². The summed E-state index contributed by atoms with van der Waals surface area (Å²) in [5, 5.41) is 4.33. The largest absolute Gasteiger partial charge is 0.345 e. The molecule has 0 saturated carbocycles. The van der Waals surface area contributed by atoms with Crippen molar-refractivity contribution in [3.63, 3.8) is 0 Å². The Morgan fingerprint density at radius 1 is 1.07 bits per heavy atom. The summed E-state index contributed by atoms with van der Waals surface area (Å²) in [6.45, 7) is 3.88. The minimum atomic E-state index is -3.65. The Morgan fingerprint density at radius 3 is 2.44 bits per heavy atom. The van der Waals surface area contributed by atoms with Crippen LogP contribution in [0.3, 0.4) is 0 Å². The van der Waals surface area contributed by atoms with Gasteiger partial charge in [-0.25, -0.2) is 22.6 Å². The molecule has 1 heterocycles. The van der Waals surface area contributed by atoms with Gasteiger partial charge in [-0.2, -0.15) is 0 Å². The Labute approximate surface area is 158 Å². The fraction of sp³-hybridized carbons (Fsp3) is 0.263. The maximum Gasteiger partial charge on any atom is 0.345 e. The van der Waals surface area contributed by atoms with Crippen molar-refractivity contribution in [2.75, 3.05) is 6.54 Å². The molecular formula is C19H22N4O3S. The molecule has 27 heavy (non-hydrogen) atoms. The third kappa shape index (κ3) is 4.01. The fourth-order valence-corrected chi connectivity index (χ4v) is 4.18. The van der Waals surface area contributed by atoms with Gasteiger partial charge < -0.3 is 0 Å². The zero-order valence-corrected chi connectivity index (χ0v) is 16.3. The van der Waals surface area contributed by atoms with Crippen LogP contribution in [0.25, 0.3) is 11.4 Å². The van der Waals surface area contributed by atoms with Gasteiger partial charge in [0.1, 0.15) is 0 Å². The highest BCUT2D eigenvalue weighted by atomic mass is 32.2. The lowest BCUT2D eigenvalue weighted by molar-refractivity contribution is 0.550. The normalized spacial score (nSPS) is 11.7. The highest BCUT2D eigenvalue weighted by Crippen LogP contribution is 2.16. The third-order valence-electron chi connectivity index (χ3n) is 4.31. The van der Waals surface area contributed by atoms with Crippen LogP contribution < -0.4 is 10.4 Å². The maximum atomic E-state index is 12.5. The molecule has 1 aromatic heterocycles. The number of hydrogen-bond acceptors (Lipinski definition) is 4. The monoisotopic (exact) mass is 386 g/mol. The number of aryl methyl sites for hydroxylation is 2. The number of rotatable bonds is 6. The van der Waals surface area contributed by atoms with E-state index in [4.69, 9.17) is 0 Å². The summed E-state index contributed by atoms with van der Waals surface area (Å²) in [4.78, 5) is 12.6. The van der Waals surface area contributed by atoms with Gasteiger partial charge in [0.05, 0.1) is 11.4 Å². The molecule has 0 radical (unpaired) electrons. The number of hydrogen-bond donors (Lipinski definition) is 1. The van der Waals surface area contributed by atoms with Gasteiger partial charge in [-0.05, 0) is 25.5 Å². The lowest BCUT2D eigenvalue weighted by Crippen LogP contribution is -2.32. The van der Waals surface area contributed by atoms with Crippen LogP contribution in [0.1, 0.15) is 11.1 Å². The minimum absolute atomic E-state index is 0.0702. The van der Waals surface area contributed by atoms with E-state index < -0.39 is 10.0 Å². The van der Waals surface area contributed by atoms with Crippen LogP contribution in [0.4, 0.5) is 0 Å². The molecular weight excluding hydrogens is 364 g/mol. The van der Waals surface area contributed by atoms with Crippen molar-refractivity contribution >= 4 is 10.0 Å². The smallest absolute Gasteiger partial charge is 0.278 e. The Bertz CT molecular complexity index is 1120. The van der Waals surface area contributed by atoms with E-state index in [1.165, 1.54) is 9.25 Å². The van der Waals surface area contributed by atoms with Crippen molar-refractivity contribution in [2.24, 2.45) is 7.05 Å². The van der Waals surface area contributed by atoms with Crippen molar-refractivity contribution in [1.29, 1.82) is 0 Å². The first-order chi connectivity index (χ1) is 12.8. The van der Waals surface area contributed by atoms with Gasteiger partial charge in [0, 0.05) is 19.2 Å². The van der Waals surface area contributed by atoms with Crippen LogP contribution in [-0.2, 0) is 23.6 Å². The standard InChI is InChI=1S/C19H22N4O3S/c1-14-9-10-17(15(2)13-14)27(25,26)20-11-12-23-19(24)22(3)18(21-23)16-7-5-4-6-8-16/h4-10,13,20H,11-12H2,1-3H3. The molecule has 0 unspecified atom stereocenters. The number of nitrogens with zero attached hydrogens (tertiary/aromatic N) is 3. The molecule has 7 nitrogen and oxygen atoms in total. The van der Waals surface area contributed by atoms with Gasteiger partial charge >= 0.3 is 5.69 Å². The van der Waals surface area contributed by atoms with Crippen LogP contribution >= 0.6 is 0 Å². The van der Waals surface area contributed by atoms with Crippen molar-refractivity contribution < 1.29 is 8.42 Å². The van der Waals surface area contributed by atoms with Crippen LogP contribution in [0.2, 0.25) is 0 Å². The van der Waals surface area contributed by atoms with E-state index in [1.54, 1.807) is 26.1 Å². The molecule has 0 fully saturated rings. The molecule has 3 rings (SSSR count). The molecule has 2 aromatic carbocycles. The molecule has 142 valence electrons. The van der Waals surface area contributed by atoms with Crippen molar-refractivity contribution in [2.45, 2.75) is 25.3 Å². The fourth-order valence-electron chi connectivity index (χ4n) is 2.94. The Morgan fingerprint density at radius 2 is 1.78 bits per heavy atom. The second kappa shape index (κ2) is 7.50. The van der Waals surface area contributed by atoms with Gasteiger partial charge in [-0.3, -0.25) is 4.57 Å². The molecule has 8 heteroatoms. The summed E-state index contributed by atoms with van der Waals surface area (Å²) in [6.07, 6.45) is 0. The molecule has 0 bridgehead atoms. The van der Waals surface area contributed by atoms with E-state index in [2.05, 4.69) is 9.82 Å². The van der Waals surface area contributed by atoms with Crippen molar-refractivity contribution in [1.82, 2.24) is 19.1 Å². The number of sulfonamides is 1. The molecule has 0 saturated heterocycles. The third-order valence-corrected chi connectivity index (χ3v) is 5.93. The van der Waals surface area contributed by atoms with Crippen LogP contribution in [-0.4, -0.2) is 29.3 Å². The van der Waals surface area contributed by atoms with Gasteiger partial charge in [0.2, 0.25) is 10.0 Å². The zero-order chi connectivity index (χ0) is 19.6. The predicted molar refractivity (Wildman–Crippen MR) is 104 cm³/mol. The first-order valence-corrected chi connectivity index (χ1v) is 10.0. The Balaban J connectivity index is 1.75. The second-order valence-corrected chi connectivity index (χ2v) is 8.16. The van der Waals surface area contributed by atoms with Gasteiger partial charge in [0.15, 0.2) is 5.82 Å². The van der Waals surface area contributed by atoms with Gasteiger partial charge in [-0.15, -0.1) is 5.10 Å². The summed E-state index contributed by atoms with van der Waals surface area (Å²) in [7, 11) is -2.00. The first kappa shape index (κ1) is 19.1. The Hall–Kier alpha value is -2.71. The number of aromatic nitrogens is 3. The summed E-state index contributed by atoms with van der Waals surface area (Å²) in [5.41, 5.74) is 2.22. The SMILES string of the molecule is Cc1ccc(S(=O)(=O)NCCn2nc(-c3ccccc3)n(C)c2=O)c(C)c1. The lowest BCUT2D eigenvalue weighted by atomic mass is 10.2. The molecule has 0 aliphatic rings. The van der Waals surface area contributed by atoms with Crippen molar-refractivity contribution in [3.8, 4) is 11.4 Å². The molecule has 0 atom stereocenters. The molecule has 0 aliphatic heterocycles. The quantitative estimate of drug-likeness (QED) is 0.700. The highest BCUT2D eigenvalue weighted by Gasteiger charge is 2.17. The van der Waals surface area contributed by atoms with E-state index >= 15 is 0 Å². The molecule has 0 aliphatic carbocycles. The maximum absolute atomic E-state index is 12.5. The van der Waals surface area contributed by atoms with Gasteiger partial charge in [0.25, 0.3) is 0 Å². The van der Waals surface area contributed by atoms with E-state index in [9.17, 15) is 13.2 Å². The first-order valence-electron chi connectivity index (χ1n) is 8.56. The van der Waals surface area contributed by atoms with E-state index in [0.717, 1.165) is 11.1 Å². The summed E-state index contributed by atoms with van der Waals surface area (Å²) < 4.78 is 30.3. The second-order valence-electron chi connectivity index (χ2n) is 6.42. The number of nitrogens with one attached hydrogen (secondary N) is 1. The zero-order valence-electron chi connectivity index (χ0n) is 15.5. The average molecular weight is 386 g/mol. The molecule has 0 amide bonds. The van der Waals surface area contributed by atoms with E-state index in [0.29, 0.717) is 11.4 Å². The molecule has 3 aromatic rings. The van der Waals surface area contributed by atoms with Crippen LogP contribution in [0, 0.1) is 13.8 Å². The Kier molecular flexibility index (Phi) is 5.29. The highest BCUT2D eigenvalue weighted by molar-refractivity contribution is 7.89. The number of benzene rings is 2. The lowest BCUT2D eigenvalue weighted by Gasteiger charge is -2.09. The predicted octanol–water partition coefficient (Wildman–Crippen LogP) is 1.84. The summed E-state index contributed by atoms with van der Waals surface area (Å²) in [6, 6.07) is 14.5. The molecule has 1 N–H and O–H groups in total. The van der Waals surface area contributed by atoms with E-state index in [-0.39, 0.29) is 23.7 Å². The van der Waals surface area contributed by atoms with Gasteiger partial charge in [-0.1, -0.05) is 48.0 Å². The minimum Gasteiger partial charge on any atom is -0.278 e. The molecule has 0 spiro atoms. The average Bonchev–Trinajstić information content (AvgIpc) is 2.90. The van der Waals surface area contributed by atoms with E-state index in [1.807, 2.05) is 43.3 Å². The summed E-state index contributed by atoms with van der Waals surface area (Å²) >= 11 is 0. The topological polar surface area (TPSA) is 86.0 Å². The van der Waals surface area contributed by atoms with Crippen molar-refractivity contribution in [3.05, 3.63) is 70.1 Å².